The van der Waals surface area contributed by atoms with Gasteiger partial charge in [-0.05, 0) is 49.8 Å². The third-order valence-electron chi connectivity index (χ3n) is 4.23. The number of aliphatic hydroxyl groups excluding tert-OH is 1. The quantitative estimate of drug-likeness (QED) is 0.749. The number of benzene rings is 1. The number of rotatable bonds is 8. The molecule has 0 amide bonds. The molecule has 0 aromatic heterocycles. The molecule has 0 saturated carbocycles. The molecule has 1 aliphatic heterocycles. The molecule has 1 aromatic carbocycles. The van der Waals surface area contributed by atoms with Gasteiger partial charge >= 0.3 is 0 Å². The van der Waals surface area contributed by atoms with E-state index >= 15 is 0 Å². The summed E-state index contributed by atoms with van der Waals surface area (Å²) in [6, 6.07) is 3.83. The van der Waals surface area contributed by atoms with E-state index in [4.69, 9.17) is 9.84 Å². The predicted octanol–water partition coefficient (Wildman–Crippen LogP) is 2.62. The van der Waals surface area contributed by atoms with Crippen LogP contribution in [0.5, 0.6) is 0 Å². The van der Waals surface area contributed by atoms with E-state index in [0.717, 1.165) is 45.0 Å². The Kier molecular flexibility index (Phi) is 7.22. The molecular weight excluding hydrogens is 288 g/mol. The van der Waals surface area contributed by atoms with Crippen molar-refractivity contribution in [2.45, 2.75) is 25.7 Å². The van der Waals surface area contributed by atoms with E-state index in [2.05, 4.69) is 4.90 Å². The maximum atomic E-state index is 13.6. The van der Waals surface area contributed by atoms with E-state index in [1.807, 2.05) is 0 Å². The molecule has 1 saturated heterocycles. The van der Waals surface area contributed by atoms with Crippen LogP contribution in [0.3, 0.4) is 0 Å². The minimum absolute atomic E-state index is 0.0614. The van der Waals surface area contributed by atoms with Crippen molar-refractivity contribution >= 4 is 0 Å². The van der Waals surface area contributed by atoms with Crippen molar-refractivity contribution in [3.8, 4) is 0 Å². The number of nitrogens with zero attached hydrogens (tertiary/aromatic N) is 1. The summed E-state index contributed by atoms with van der Waals surface area (Å²) >= 11 is 0. The van der Waals surface area contributed by atoms with E-state index in [-0.39, 0.29) is 6.61 Å². The number of halogens is 2. The lowest BCUT2D eigenvalue weighted by Gasteiger charge is -2.32. The van der Waals surface area contributed by atoms with Gasteiger partial charge < -0.3 is 14.7 Å². The number of ether oxygens (including phenoxy) is 1. The van der Waals surface area contributed by atoms with Gasteiger partial charge in [0, 0.05) is 19.2 Å². The molecule has 0 aliphatic carbocycles. The second kappa shape index (κ2) is 9.18. The van der Waals surface area contributed by atoms with Gasteiger partial charge in [-0.2, -0.15) is 0 Å². The van der Waals surface area contributed by atoms with Crippen molar-refractivity contribution in [2.24, 2.45) is 5.92 Å². The normalized spacial score (nSPS) is 19.5. The fourth-order valence-corrected chi connectivity index (χ4v) is 3.03. The van der Waals surface area contributed by atoms with Gasteiger partial charge in [0.05, 0.1) is 19.8 Å². The van der Waals surface area contributed by atoms with Crippen LogP contribution in [0, 0.1) is 17.6 Å². The molecule has 5 heteroatoms. The van der Waals surface area contributed by atoms with E-state index in [1.54, 1.807) is 6.07 Å². The predicted molar refractivity (Wildman–Crippen MR) is 81.7 cm³/mol. The first-order chi connectivity index (χ1) is 10.7. The Hall–Kier alpha value is -1.04. The zero-order valence-corrected chi connectivity index (χ0v) is 12.9. The van der Waals surface area contributed by atoms with Crippen molar-refractivity contribution in [3.63, 3.8) is 0 Å². The lowest BCUT2D eigenvalue weighted by atomic mass is 9.91. The summed E-state index contributed by atoms with van der Waals surface area (Å²) in [6.07, 6.45) is 3.90. The Labute approximate surface area is 130 Å². The lowest BCUT2D eigenvalue weighted by Crippen LogP contribution is -2.37. The molecule has 0 spiro atoms. The van der Waals surface area contributed by atoms with Crippen LogP contribution in [0.25, 0.3) is 0 Å². The SMILES string of the molecule is OCCOCCN1CCCC(CCc2ccc(F)cc2F)C1. The smallest absolute Gasteiger partial charge is 0.129 e. The Bertz CT molecular complexity index is 456. The van der Waals surface area contributed by atoms with Gasteiger partial charge in [-0.1, -0.05) is 6.07 Å². The third kappa shape index (κ3) is 5.63. The van der Waals surface area contributed by atoms with Crippen LogP contribution in [0.15, 0.2) is 18.2 Å². The fraction of sp³-hybridized carbons (Fsp3) is 0.647. The molecule has 1 aromatic rings. The first kappa shape index (κ1) is 17.3. The number of likely N-dealkylation sites (tertiary alicyclic amines) is 1. The monoisotopic (exact) mass is 313 g/mol. The molecule has 0 radical (unpaired) electrons. The summed E-state index contributed by atoms with van der Waals surface area (Å²) in [4.78, 5) is 2.37. The highest BCUT2D eigenvalue weighted by Gasteiger charge is 2.20. The minimum Gasteiger partial charge on any atom is -0.394 e. The van der Waals surface area contributed by atoms with Gasteiger partial charge in [-0.3, -0.25) is 0 Å². The largest absolute Gasteiger partial charge is 0.394 e. The Morgan fingerprint density at radius 2 is 2.14 bits per heavy atom. The van der Waals surface area contributed by atoms with Crippen LogP contribution >= 0.6 is 0 Å². The third-order valence-corrected chi connectivity index (χ3v) is 4.23. The highest BCUT2D eigenvalue weighted by Crippen LogP contribution is 2.22. The maximum Gasteiger partial charge on any atom is 0.129 e. The molecular formula is C17H25F2NO2. The summed E-state index contributed by atoms with van der Waals surface area (Å²) in [5.74, 6) is -0.408. The van der Waals surface area contributed by atoms with Crippen molar-refractivity contribution in [3.05, 3.63) is 35.4 Å². The van der Waals surface area contributed by atoms with Gasteiger partial charge in [0.1, 0.15) is 11.6 Å². The zero-order chi connectivity index (χ0) is 15.8. The molecule has 1 heterocycles. The maximum absolute atomic E-state index is 13.6. The average Bonchev–Trinajstić information content (AvgIpc) is 2.51. The second-order valence-corrected chi connectivity index (χ2v) is 5.92. The zero-order valence-electron chi connectivity index (χ0n) is 12.9. The molecule has 0 bridgehead atoms. The Morgan fingerprint density at radius 3 is 2.91 bits per heavy atom. The number of hydrogen-bond acceptors (Lipinski definition) is 3. The summed E-state index contributed by atoms with van der Waals surface area (Å²) < 4.78 is 31.8. The molecule has 1 aliphatic rings. The topological polar surface area (TPSA) is 32.7 Å². The first-order valence-electron chi connectivity index (χ1n) is 8.04. The molecule has 2 rings (SSSR count). The Morgan fingerprint density at radius 1 is 1.27 bits per heavy atom. The first-order valence-corrected chi connectivity index (χ1v) is 8.04. The van der Waals surface area contributed by atoms with Gasteiger partial charge in [0.15, 0.2) is 0 Å². The molecule has 1 fully saturated rings. The van der Waals surface area contributed by atoms with Crippen LogP contribution in [-0.4, -0.2) is 49.5 Å². The molecule has 1 N–H and O–H groups in total. The van der Waals surface area contributed by atoms with Crippen LogP contribution in [0.1, 0.15) is 24.8 Å². The van der Waals surface area contributed by atoms with Crippen LogP contribution in [0.2, 0.25) is 0 Å². The molecule has 1 atom stereocenters. The highest BCUT2D eigenvalue weighted by molar-refractivity contribution is 5.18. The number of aliphatic hydroxyl groups is 1. The molecule has 22 heavy (non-hydrogen) atoms. The molecule has 124 valence electrons. The van der Waals surface area contributed by atoms with Crippen molar-refractivity contribution < 1.29 is 18.6 Å². The summed E-state index contributed by atoms with van der Waals surface area (Å²) in [5, 5.41) is 8.67. The lowest BCUT2D eigenvalue weighted by molar-refractivity contribution is 0.0618. The van der Waals surface area contributed by atoms with Crippen molar-refractivity contribution in [1.29, 1.82) is 0 Å². The van der Waals surface area contributed by atoms with E-state index in [9.17, 15) is 8.78 Å². The fourth-order valence-electron chi connectivity index (χ4n) is 3.03. The van der Waals surface area contributed by atoms with Gasteiger partial charge in [-0.25, -0.2) is 8.78 Å². The highest BCUT2D eigenvalue weighted by atomic mass is 19.1. The van der Waals surface area contributed by atoms with Gasteiger partial charge in [-0.15, -0.1) is 0 Å². The standard InChI is InChI=1S/C17H25F2NO2/c18-16-6-5-15(17(19)12-16)4-3-14-2-1-7-20(13-14)8-10-22-11-9-21/h5-6,12,14,21H,1-4,7-11,13H2. The van der Waals surface area contributed by atoms with E-state index in [1.165, 1.54) is 6.07 Å². The van der Waals surface area contributed by atoms with E-state index < -0.39 is 11.6 Å². The molecule has 3 nitrogen and oxygen atoms in total. The van der Waals surface area contributed by atoms with Gasteiger partial charge in [0.2, 0.25) is 0 Å². The van der Waals surface area contributed by atoms with E-state index in [0.29, 0.717) is 31.1 Å². The summed E-state index contributed by atoms with van der Waals surface area (Å²) in [7, 11) is 0. The van der Waals surface area contributed by atoms with Crippen LogP contribution in [-0.2, 0) is 11.2 Å². The van der Waals surface area contributed by atoms with Crippen LogP contribution in [0.4, 0.5) is 8.78 Å². The summed E-state index contributed by atoms with van der Waals surface area (Å²) in [5.41, 5.74) is 0.602. The average molecular weight is 313 g/mol. The van der Waals surface area contributed by atoms with Gasteiger partial charge in [0.25, 0.3) is 0 Å². The van der Waals surface area contributed by atoms with Crippen LogP contribution < -0.4 is 0 Å². The Balaban J connectivity index is 1.73. The number of aryl methyl sites for hydroxylation is 1. The van der Waals surface area contributed by atoms with Crippen molar-refractivity contribution in [1.82, 2.24) is 4.90 Å². The molecule has 1 unspecified atom stereocenters. The number of piperidine rings is 1. The van der Waals surface area contributed by atoms with Crippen molar-refractivity contribution in [2.75, 3.05) is 39.5 Å². The second-order valence-electron chi connectivity index (χ2n) is 5.92. The number of hydrogen-bond donors (Lipinski definition) is 1. The minimum atomic E-state index is -0.520. The summed E-state index contributed by atoms with van der Waals surface area (Å²) in [6.45, 7) is 4.05.